The van der Waals surface area contributed by atoms with Crippen LogP contribution in [0.5, 0.6) is 0 Å². The maximum absolute atomic E-state index is 12.6. The maximum Gasteiger partial charge on any atom is 0.416 e. The minimum Gasteiger partial charge on any atom is -0.298 e. The van der Waals surface area contributed by atoms with Crippen LogP contribution in [0.25, 0.3) is 11.1 Å². The Morgan fingerprint density at radius 2 is 1.68 bits per heavy atom. The van der Waals surface area contributed by atoms with Crippen LogP contribution in [0.15, 0.2) is 42.5 Å². The van der Waals surface area contributed by atoms with Gasteiger partial charge in [0.15, 0.2) is 6.29 Å². The Kier molecular flexibility index (Phi) is 3.62. The quantitative estimate of drug-likeness (QED) is 0.721. The van der Waals surface area contributed by atoms with E-state index in [1.54, 1.807) is 12.1 Å². The van der Waals surface area contributed by atoms with Crippen molar-refractivity contribution in [2.45, 2.75) is 6.18 Å². The van der Waals surface area contributed by atoms with Crippen molar-refractivity contribution in [3.63, 3.8) is 0 Å². The molecule has 2 aromatic rings. The van der Waals surface area contributed by atoms with Crippen LogP contribution in [0, 0.1) is 0 Å². The minimum absolute atomic E-state index is 0.213. The van der Waals surface area contributed by atoms with Gasteiger partial charge < -0.3 is 0 Å². The third-order valence-electron chi connectivity index (χ3n) is 2.65. The van der Waals surface area contributed by atoms with E-state index in [2.05, 4.69) is 0 Å². The number of hydrogen-bond donors (Lipinski definition) is 0. The van der Waals surface area contributed by atoms with E-state index in [-0.39, 0.29) is 5.02 Å². The first-order valence-electron chi connectivity index (χ1n) is 5.34. The molecular weight excluding hydrogens is 277 g/mol. The Balaban J connectivity index is 2.48. The Labute approximate surface area is 112 Å². The number of benzene rings is 2. The highest BCUT2D eigenvalue weighted by Gasteiger charge is 2.30. The summed E-state index contributed by atoms with van der Waals surface area (Å²) in [4.78, 5) is 10.6. The molecular formula is C14H8ClF3O. The first kappa shape index (κ1) is 13.6. The van der Waals surface area contributed by atoms with Crippen LogP contribution in [0.2, 0.25) is 5.02 Å². The lowest BCUT2D eigenvalue weighted by atomic mass is 10.0. The lowest BCUT2D eigenvalue weighted by Gasteiger charge is -2.09. The highest BCUT2D eigenvalue weighted by atomic mass is 35.5. The van der Waals surface area contributed by atoms with Gasteiger partial charge >= 0.3 is 6.18 Å². The first-order valence-corrected chi connectivity index (χ1v) is 5.72. The summed E-state index contributed by atoms with van der Waals surface area (Å²) in [6.45, 7) is 0. The van der Waals surface area contributed by atoms with Crippen molar-refractivity contribution < 1.29 is 18.0 Å². The summed E-state index contributed by atoms with van der Waals surface area (Å²) >= 11 is 5.86. The molecule has 0 unspecified atom stereocenters. The van der Waals surface area contributed by atoms with Gasteiger partial charge in [0.25, 0.3) is 0 Å². The number of alkyl halides is 3. The molecule has 0 radical (unpaired) electrons. The lowest BCUT2D eigenvalue weighted by molar-refractivity contribution is -0.137. The van der Waals surface area contributed by atoms with Gasteiger partial charge in [-0.1, -0.05) is 29.8 Å². The van der Waals surface area contributed by atoms with E-state index in [9.17, 15) is 18.0 Å². The van der Waals surface area contributed by atoms with Crippen LogP contribution >= 0.6 is 11.6 Å². The smallest absolute Gasteiger partial charge is 0.298 e. The van der Waals surface area contributed by atoms with Crippen LogP contribution in [0.3, 0.4) is 0 Å². The van der Waals surface area contributed by atoms with Crippen LogP contribution in [-0.2, 0) is 6.18 Å². The second kappa shape index (κ2) is 5.05. The molecule has 0 bridgehead atoms. The Morgan fingerprint density at radius 1 is 1.00 bits per heavy atom. The van der Waals surface area contributed by atoms with Gasteiger partial charge in [-0.2, -0.15) is 13.2 Å². The molecule has 1 nitrogen and oxygen atoms in total. The fraction of sp³-hybridized carbons (Fsp3) is 0.0714. The van der Waals surface area contributed by atoms with E-state index in [4.69, 9.17) is 11.6 Å². The molecule has 0 spiro atoms. The van der Waals surface area contributed by atoms with Gasteiger partial charge in [-0.05, 0) is 35.4 Å². The van der Waals surface area contributed by atoms with Gasteiger partial charge in [0.1, 0.15) is 0 Å². The zero-order valence-corrected chi connectivity index (χ0v) is 10.3. The lowest BCUT2D eigenvalue weighted by Crippen LogP contribution is -2.04. The number of rotatable bonds is 2. The molecule has 0 aliphatic heterocycles. The summed E-state index contributed by atoms with van der Waals surface area (Å²) in [7, 11) is 0. The summed E-state index contributed by atoms with van der Waals surface area (Å²) < 4.78 is 37.8. The topological polar surface area (TPSA) is 17.1 Å². The molecule has 19 heavy (non-hydrogen) atoms. The number of hydrogen-bond acceptors (Lipinski definition) is 1. The molecule has 0 aliphatic carbocycles. The van der Waals surface area contributed by atoms with Crippen LogP contribution in [0.4, 0.5) is 13.2 Å². The van der Waals surface area contributed by atoms with E-state index < -0.39 is 11.7 Å². The summed E-state index contributed by atoms with van der Waals surface area (Å²) in [5, 5.41) is 0.213. The number of halogens is 4. The van der Waals surface area contributed by atoms with Crippen molar-refractivity contribution in [2.75, 3.05) is 0 Å². The normalized spacial score (nSPS) is 11.4. The van der Waals surface area contributed by atoms with Crippen LogP contribution in [-0.4, -0.2) is 6.29 Å². The van der Waals surface area contributed by atoms with E-state index >= 15 is 0 Å². The third-order valence-corrected chi connectivity index (χ3v) is 2.98. The number of aldehydes is 1. The molecule has 98 valence electrons. The molecule has 0 aromatic heterocycles. The molecule has 0 fully saturated rings. The van der Waals surface area contributed by atoms with Gasteiger partial charge in [-0.3, -0.25) is 4.79 Å². The van der Waals surface area contributed by atoms with Crippen molar-refractivity contribution in [1.82, 2.24) is 0 Å². The highest BCUT2D eigenvalue weighted by Crippen LogP contribution is 2.33. The SMILES string of the molecule is O=Cc1ccc(-c2cccc(C(F)(F)F)c2)cc1Cl. The predicted octanol–water partition coefficient (Wildman–Crippen LogP) is 4.84. The second-order valence-electron chi connectivity index (χ2n) is 3.93. The van der Waals surface area contributed by atoms with Crippen LogP contribution in [0.1, 0.15) is 15.9 Å². The minimum atomic E-state index is -4.39. The molecule has 2 rings (SSSR count). The highest BCUT2D eigenvalue weighted by molar-refractivity contribution is 6.33. The standard InChI is InChI=1S/C14H8ClF3O/c15-13-7-10(4-5-11(13)8-19)9-2-1-3-12(6-9)14(16,17)18/h1-8H. The molecule has 0 amide bonds. The van der Waals surface area contributed by atoms with E-state index in [0.717, 1.165) is 12.1 Å². The first-order chi connectivity index (χ1) is 8.91. The van der Waals surface area contributed by atoms with Gasteiger partial charge in [0.2, 0.25) is 0 Å². The fourth-order valence-electron chi connectivity index (χ4n) is 1.68. The molecule has 5 heteroatoms. The zero-order valence-electron chi connectivity index (χ0n) is 9.54. The number of carbonyl (C=O) groups is 1. The summed E-state index contributed by atoms with van der Waals surface area (Å²) in [5.74, 6) is 0. The molecule has 0 saturated carbocycles. The fourth-order valence-corrected chi connectivity index (χ4v) is 1.90. The second-order valence-corrected chi connectivity index (χ2v) is 4.34. The Hall–Kier alpha value is -1.81. The largest absolute Gasteiger partial charge is 0.416 e. The Bertz CT molecular complexity index is 620. The summed E-state index contributed by atoms with van der Waals surface area (Å²) in [6, 6.07) is 9.45. The molecule has 0 N–H and O–H groups in total. The summed E-state index contributed by atoms with van der Waals surface area (Å²) in [6.07, 6.45) is -3.79. The van der Waals surface area contributed by atoms with Crippen molar-refractivity contribution in [1.29, 1.82) is 0 Å². The van der Waals surface area contributed by atoms with Gasteiger partial charge in [0, 0.05) is 5.56 Å². The zero-order chi connectivity index (χ0) is 14.0. The molecule has 0 saturated heterocycles. The van der Waals surface area contributed by atoms with Crippen molar-refractivity contribution in [3.8, 4) is 11.1 Å². The maximum atomic E-state index is 12.6. The van der Waals surface area contributed by atoms with Gasteiger partial charge in [0.05, 0.1) is 10.6 Å². The predicted molar refractivity (Wildman–Crippen MR) is 67.3 cm³/mol. The average Bonchev–Trinajstić information content (AvgIpc) is 2.38. The van der Waals surface area contributed by atoms with E-state index in [1.807, 2.05) is 0 Å². The molecule has 0 aliphatic rings. The van der Waals surface area contributed by atoms with Crippen LogP contribution < -0.4 is 0 Å². The van der Waals surface area contributed by atoms with Gasteiger partial charge in [-0.25, -0.2) is 0 Å². The number of carbonyl (C=O) groups excluding carboxylic acids is 1. The molecule has 0 atom stereocenters. The average molecular weight is 285 g/mol. The van der Waals surface area contributed by atoms with Crippen molar-refractivity contribution in [2.24, 2.45) is 0 Å². The molecule has 2 aromatic carbocycles. The van der Waals surface area contributed by atoms with E-state index in [0.29, 0.717) is 23.0 Å². The van der Waals surface area contributed by atoms with E-state index in [1.165, 1.54) is 18.2 Å². The van der Waals surface area contributed by atoms with Crippen molar-refractivity contribution in [3.05, 3.63) is 58.6 Å². The van der Waals surface area contributed by atoms with Gasteiger partial charge in [-0.15, -0.1) is 0 Å². The van der Waals surface area contributed by atoms with Crippen molar-refractivity contribution >= 4 is 17.9 Å². The Morgan fingerprint density at radius 3 is 2.26 bits per heavy atom. The monoisotopic (exact) mass is 284 g/mol. The third kappa shape index (κ3) is 2.96. The summed E-state index contributed by atoms with van der Waals surface area (Å²) in [5.41, 5.74) is 0.508. The molecule has 0 heterocycles.